The van der Waals surface area contributed by atoms with Crippen molar-refractivity contribution in [2.45, 2.75) is 13.1 Å². The van der Waals surface area contributed by atoms with E-state index in [-0.39, 0.29) is 0 Å². The molecule has 4 nitrogen and oxygen atoms in total. The van der Waals surface area contributed by atoms with E-state index < -0.39 is 0 Å². The average molecular weight is 379 g/mol. The van der Waals surface area contributed by atoms with E-state index in [1.54, 1.807) is 0 Å². The van der Waals surface area contributed by atoms with Crippen LogP contribution < -0.4 is 11.1 Å². The summed E-state index contributed by atoms with van der Waals surface area (Å²) in [4.78, 5) is 4.42. The van der Waals surface area contributed by atoms with Gasteiger partial charge in [0.25, 0.3) is 0 Å². The number of hydrogen-bond donors (Lipinski definition) is 2. The van der Waals surface area contributed by atoms with Gasteiger partial charge >= 0.3 is 0 Å². The van der Waals surface area contributed by atoms with Gasteiger partial charge in [-0.2, -0.15) is 0 Å². The highest BCUT2D eigenvalue weighted by Crippen LogP contribution is 2.33. The summed E-state index contributed by atoms with van der Waals surface area (Å²) >= 11 is 0. The van der Waals surface area contributed by atoms with Crippen LogP contribution in [0, 0.1) is 0 Å². The van der Waals surface area contributed by atoms with Gasteiger partial charge in [0.2, 0.25) is 0 Å². The number of nitrogens with zero attached hydrogens (tertiary/aromatic N) is 1. The molecule has 0 aliphatic heterocycles. The fourth-order valence-electron chi connectivity index (χ4n) is 3.70. The van der Waals surface area contributed by atoms with Gasteiger partial charge in [-0.05, 0) is 40.8 Å². The van der Waals surface area contributed by atoms with Crippen LogP contribution in [-0.2, 0) is 13.1 Å². The van der Waals surface area contributed by atoms with E-state index in [1.807, 2.05) is 48.8 Å². The smallest absolute Gasteiger partial charge is 0.137 e. The molecule has 0 fully saturated rings. The molecule has 5 rings (SSSR count). The first-order valence-electron chi connectivity index (χ1n) is 9.69. The van der Waals surface area contributed by atoms with Gasteiger partial charge in [-0.3, -0.25) is 4.98 Å². The zero-order valence-electron chi connectivity index (χ0n) is 15.9. The number of nitrogens with two attached hydrogens (primary N) is 1. The van der Waals surface area contributed by atoms with Crippen LogP contribution in [0.5, 0.6) is 0 Å². The molecule has 0 aliphatic carbocycles. The zero-order chi connectivity index (χ0) is 19.6. The Hall–Kier alpha value is -3.63. The predicted octanol–water partition coefficient (Wildman–Crippen LogP) is 5.72. The number of para-hydroxylation sites is 2. The molecule has 29 heavy (non-hydrogen) atoms. The Labute approximate surface area is 169 Å². The van der Waals surface area contributed by atoms with Crippen molar-refractivity contribution in [3.8, 4) is 11.3 Å². The number of nitrogens with one attached hydrogen (secondary N) is 1. The van der Waals surface area contributed by atoms with E-state index >= 15 is 0 Å². The summed E-state index contributed by atoms with van der Waals surface area (Å²) in [6.45, 7) is 1.23. The molecule has 5 aromatic rings. The van der Waals surface area contributed by atoms with E-state index in [0.29, 0.717) is 6.54 Å². The minimum Gasteiger partial charge on any atom is -0.456 e. The number of aromatic nitrogens is 1. The quantitative estimate of drug-likeness (QED) is 0.410. The van der Waals surface area contributed by atoms with Gasteiger partial charge in [0.1, 0.15) is 11.3 Å². The molecule has 0 spiro atoms. The Kier molecular flexibility index (Phi) is 4.47. The lowest BCUT2D eigenvalue weighted by atomic mass is 10.0. The number of pyridine rings is 1. The molecule has 2 aromatic heterocycles. The van der Waals surface area contributed by atoms with Crippen molar-refractivity contribution in [2.24, 2.45) is 5.73 Å². The molecule has 0 amide bonds. The van der Waals surface area contributed by atoms with Gasteiger partial charge in [-0.25, -0.2) is 0 Å². The highest BCUT2D eigenvalue weighted by atomic mass is 16.3. The van der Waals surface area contributed by atoms with Crippen LogP contribution in [0.1, 0.15) is 11.1 Å². The van der Waals surface area contributed by atoms with Crippen LogP contribution in [-0.4, -0.2) is 4.98 Å². The van der Waals surface area contributed by atoms with Gasteiger partial charge in [0.05, 0.1) is 0 Å². The first-order chi connectivity index (χ1) is 14.3. The lowest BCUT2D eigenvalue weighted by Crippen LogP contribution is -2.05. The second-order valence-corrected chi connectivity index (χ2v) is 7.11. The first-order valence-corrected chi connectivity index (χ1v) is 9.69. The molecule has 3 N–H and O–H groups in total. The summed E-state index contributed by atoms with van der Waals surface area (Å²) in [6, 6.07) is 24.7. The van der Waals surface area contributed by atoms with E-state index in [9.17, 15) is 0 Å². The summed E-state index contributed by atoms with van der Waals surface area (Å²) in [6.07, 6.45) is 3.77. The van der Waals surface area contributed by atoms with E-state index in [0.717, 1.165) is 50.9 Å². The number of anilines is 1. The second-order valence-electron chi connectivity index (χ2n) is 7.11. The molecule has 142 valence electrons. The summed E-state index contributed by atoms with van der Waals surface area (Å²) in [7, 11) is 0. The Morgan fingerprint density at radius 3 is 2.62 bits per heavy atom. The highest BCUT2D eigenvalue weighted by molar-refractivity contribution is 5.97. The van der Waals surface area contributed by atoms with Crippen LogP contribution in [0.15, 0.2) is 89.6 Å². The molecule has 2 heterocycles. The van der Waals surface area contributed by atoms with Gasteiger partial charge in [0.15, 0.2) is 0 Å². The topological polar surface area (TPSA) is 64.1 Å². The van der Waals surface area contributed by atoms with E-state index in [4.69, 9.17) is 10.2 Å². The summed E-state index contributed by atoms with van der Waals surface area (Å²) in [5.41, 5.74) is 11.1. The molecule has 0 atom stereocenters. The van der Waals surface area contributed by atoms with Crippen LogP contribution in [0.25, 0.3) is 33.1 Å². The normalized spacial score (nSPS) is 11.2. The van der Waals surface area contributed by atoms with Crippen LogP contribution in [0.2, 0.25) is 0 Å². The number of benzene rings is 3. The largest absolute Gasteiger partial charge is 0.456 e. The molecule has 0 radical (unpaired) electrons. The predicted molar refractivity (Wildman–Crippen MR) is 119 cm³/mol. The third-order valence-electron chi connectivity index (χ3n) is 5.24. The van der Waals surface area contributed by atoms with Gasteiger partial charge in [0, 0.05) is 47.5 Å². The van der Waals surface area contributed by atoms with Crippen LogP contribution in [0.4, 0.5) is 5.69 Å². The van der Waals surface area contributed by atoms with Crippen molar-refractivity contribution in [3.63, 3.8) is 0 Å². The maximum atomic E-state index is 6.09. The third-order valence-corrected chi connectivity index (χ3v) is 5.24. The van der Waals surface area contributed by atoms with Gasteiger partial charge in [-0.15, -0.1) is 0 Å². The van der Waals surface area contributed by atoms with Gasteiger partial charge < -0.3 is 15.5 Å². The van der Waals surface area contributed by atoms with E-state index in [1.165, 1.54) is 5.56 Å². The fourth-order valence-corrected chi connectivity index (χ4v) is 3.70. The summed E-state index contributed by atoms with van der Waals surface area (Å²) in [5, 5.41) is 6.82. The highest BCUT2D eigenvalue weighted by Gasteiger charge is 2.11. The Balaban J connectivity index is 1.51. The van der Waals surface area contributed by atoms with Crippen molar-refractivity contribution in [1.82, 2.24) is 4.98 Å². The standard InChI is InChI=1S/C25H21N3O/c26-13-19-6-1-3-7-23(19)28-14-17-9-10-20-15-27-16-22(21(20)11-17)25-12-18-5-2-4-8-24(18)29-25/h1-12,15-16,28H,13-14,26H2. The third kappa shape index (κ3) is 3.35. The molecule has 3 aromatic carbocycles. The molecule has 0 bridgehead atoms. The maximum Gasteiger partial charge on any atom is 0.137 e. The van der Waals surface area contributed by atoms with Crippen LogP contribution in [0.3, 0.4) is 0 Å². The first kappa shape index (κ1) is 17.5. The zero-order valence-corrected chi connectivity index (χ0v) is 15.9. The fraction of sp³-hybridized carbons (Fsp3) is 0.0800. The molecule has 0 aliphatic rings. The van der Waals surface area contributed by atoms with Crippen molar-refractivity contribution in [1.29, 1.82) is 0 Å². The molecule has 0 saturated heterocycles. The number of fused-ring (bicyclic) bond motifs is 2. The van der Waals surface area contributed by atoms with Crippen molar-refractivity contribution < 1.29 is 4.42 Å². The van der Waals surface area contributed by atoms with Crippen molar-refractivity contribution in [2.75, 3.05) is 5.32 Å². The van der Waals surface area contributed by atoms with E-state index in [2.05, 4.69) is 46.7 Å². The van der Waals surface area contributed by atoms with Crippen molar-refractivity contribution >= 4 is 27.4 Å². The molecule has 4 heteroatoms. The Bertz CT molecular complexity index is 1270. The van der Waals surface area contributed by atoms with Gasteiger partial charge in [-0.1, -0.05) is 48.5 Å². The molecule has 0 saturated carbocycles. The molecular weight excluding hydrogens is 358 g/mol. The maximum absolute atomic E-state index is 6.09. The summed E-state index contributed by atoms with van der Waals surface area (Å²) < 4.78 is 6.09. The van der Waals surface area contributed by atoms with Crippen molar-refractivity contribution in [3.05, 3.63) is 96.3 Å². The number of furan rings is 1. The van der Waals surface area contributed by atoms with Crippen LogP contribution >= 0.6 is 0 Å². The lowest BCUT2D eigenvalue weighted by Gasteiger charge is -2.12. The average Bonchev–Trinajstić information content (AvgIpc) is 3.21. The SMILES string of the molecule is NCc1ccccc1NCc1ccc2cncc(-c3cc4ccccc4o3)c2c1. The number of rotatable bonds is 5. The molecular formula is C25H21N3O. The lowest BCUT2D eigenvalue weighted by molar-refractivity contribution is 0.632. The summed E-state index contributed by atoms with van der Waals surface area (Å²) in [5.74, 6) is 0.836. The monoisotopic (exact) mass is 379 g/mol. The number of hydrogen-bond acceptors (Lipinski definition) is 4. The Morgan fingerprint density at radius 1 is 0.862 bits per heavy atom. The Morgan fingerprint density at radius 2 is 1.72 bits per heavy atom. The molecule has 0 unspecified atom stereocenters. The minimum absolute atomic E-state index is 0.517. The minimum atomic E-state index is 0.517. The second kappa shape index (κ2) is 7.41.